The molecule has 0 saturated heterocycles. The van der Waals surface area contributed by atoms with Gasteiger partial charge >= 0.3 is 6.03 Å². The van der Waals surface area contributed by atoms with Crippen LogP contribution in [0.2, 0.25) is 0 Å². The Morgan fingerprint density at radius 1 is 1.17 bits per heavy atom. The summed E-state index contributed by atoms with van der Waals surface area (Å²) in [5.41, 5.74) is 0. The Balaban J connectivity index is 2.06. The van der Waals surface area contributed by atoms with Crippen LogP contribution in [0.4, 0.5) is 4.79 Å². The maximum absolute atomic E-state index is 11.5. The summed E-state index contributed by atoms with van der Waals surface area (Å²) in [7, 11) is 1.57. The summed E-state index contributed by atoms with van der Waals surface area (Å²) in [6, 6.07) is -0.000839. The molecule has 3 amide bonds. The fraction of sp³-hybridized carbons (Fsp3) is 0.833. The summed E-state index contributed by atoms with van der Waals surface area (Å²) < 4.78 is 4.80. The van der Waals surface area contributed by atoms with E-state index in [1.807, 2.05) is 0 Å². The van der Waals surface area contributed by atoms with Crippen molar-refractivity contribution in [3.63, 3.8) is 0 Å². The molecule has 0 heterocycles. The summed E-state index contributed by atoms with van der Waals surface area (Å²) >= 11 is 0. The summed E-state index contributed by atoms with van der Waals surface area (Å²) in [4.78, 5) is 22.8. The Morgan fingerprint density at radius 3 is 2.56 bits per heavy atom. The van der Waals surface area contributed by atoms with Crippen molar-refractivity contribution < 1.29 is 14.3 Å². The Bertz CT molecular complexity index is 265. The zero-order valence-electron chi connectivity index (χ0n) is 11.0. The third-order valence-electron chi connectivity index (χ3n) is 2.98. The van der Waals surface area contributed by atoms with Crippen molar-refractivity contribution in [2.24, 2.45) is 0 Å². The van der Waals surface area contributed by atoms with E-state index >= 15 is 0 Å². The zero-order chi connectivity index (χ0) is 13.2. The normalized spacial score (nSPS) is 16.1. The first kappa shape index (κ1) is 14.8. The Hall–Kier alpha value is -1.30. The first-order valence-electron chi connectivity index (χ1n) is 6.52. The van der Waals surface area contributed by atoms with E-state index in [-0.39, 0.29) is 24.5 Å². The molecule has 0 aliphatic heterocycles. The van der Waals surface area contributed by atoms with Gasteiger partial charge < -0.3 is 20.7 Å². The van der Waals surface area contributed by atoms with Gasteiger partial charge in [-0.05, 0) is 12.8 Å². The molecule has 6 heteroatoms. The fourth-order valence-electron chi connectivity index (χ4n) is 2.00. The molecule has 1 fully saturated rings. The first-order valence-corrected chi connectivity index (χ1v) is 6.52. The summed E-state index contributed by atoms with van der Waals surface area (Å²) in [5.74, 6) is -0.203. The average molecular weight is 257 g/mol. The minimum Gasteiger partial charge on any atom is -0.383 e. The van der Waals surface area contributed by atoms with Gasteiger partial charge in [-0.1, -0.05) is 19.3 Å². The Morgan fingerprint density at radius 2 is 1.89 bits per heavy atom. The molecule has 0 unspecified atom stereocenters. The standard InChI is InChI=1S/C12H23N3O3/c1-18-8-7-13-11(16)9-14-12(17)15-10-5-3-2-4-6-10/h10H,2-9H2,1H3,(H,13,16)(H2,14,15,17). The molecule has 104 valence electrons. The monoisotopic (exact) mass is 257 g/mol. The van der Waals surface area contributed by atoms with Crippen LogP contribution in [0.5, 0.6) is 0 Å². The highest BCUT2D eigenvalue weighted by atomic mass is 16.5. The molecule has 0 aromatic heterocycles. The average Bonchev–Trinajstić information content (AvgIpc) is 2.38. The summed E-state index contributed by atoms with van der Waals surface area (Å²) in [6.45, 7) is 0.934. The number of carbonyl (C=O) groups excluding carboxylic acids is 2. The van der Waals surface area contributed by atoms with Gasteiger partial charge in [-0.2, -0.15) is 0 Å². The largest absolute Gasteiger partial charge is 0.383 e. The van der Waals surface area contributed by atoms with Crippen molar-refractivity contribution in [2.75, 3.05) is 26.8 Å². The minimum atomic E-state index is -0.260. The molecule has 1 aliphatic carbocycles. The molecule has 0 spiro atoms. The third-order valence-corrected chi connectivity index (χ3v) is 2.98. The smallest absolute Gasteiger partial charge is 0.315 e. The van der Waals surface area contributed by atoms with Crippen LogP contribution < -0.4 is 16.0 Å². The molecule has 0 atom stereocenters. The van der Waals surface area contributed by atoms with E-state index in [0.717, 1.165) is 12.8 Å². The maximum atomic E-state index is 11.5. The predicted molar refractivity (Wildman–Crippen MR) is 68.3 cm³/mol. The summed E-state index contributed by atoms with van der Waals surface area (Å²) in [5, 5.41) is 8.08. The molecule has 6 nitrogen and oxygen atoms in total. The van der Waals surface area contributed by atoms with E-state index in [1.54, 1.807) is 7.11 Å². The molecule has 0 radical (unpaired) electrons. The topological polar surface area (TPSA) is 79.5 Å². The number of amides is 3. The second-order valence-corrected chi connectivity index (χ2v) is 4.50. The van der Waals surface area contributed by atoms with Crippen LogP contribution in [0.3, 0.4) is 0 Å². The van der Waals surface area contributed by atoms with Crippen LogP contribution in [0.25, 0.3) is 0 Å². The molecular weight excluding hydrogens is 234 g/mol. The van der Waals surface area contributed by atoms with Crippen LogP contribution >= 0.6 is 0 Å². The van der Waals surface area contributed by atoms with Crippen LogP contribution in [-0.2, 0) is 9.53 Å². The number of carbonyl (C=O) groups is 2. The van der Waals surface area contributed by atoms with Gasteiger partial charge in [0.2, 0.25) is 5.91 Å². The number of hydrogen-bond acceptors (Lipinski definition) is 3. The Kier molecular flexibility index (Phi) is 7.17. The SMILES string of the molecule is COCCNC(=O)CNC(=O)NC1CCCCC1. The van der Waals surface area contributed by atoms with Gasteiger partial charge in [-0.3, -0.25) is 4.79 Å². The van der Waals surface area contributed by atoms with Crippen molar-refractivity contribution in [1.82, 2.24) is 16.0 Å². The van der Waals surface area contributed by atoms with E-state index < -0.39 is 0 Å². The van der Waals surface area contributed by atoms with Gasteiger partial charge in [0.25, 0.3) is 0 Å². The lowest BCUT2D eigenvalue weighted by atomic mass is 9.96. The van der Waals surface area contributed by atoms with Gasteiger partial charge in [-0.25, -0.2) is 4.79 Å². The second kappa shape index (κ2) is 8.74. The highest BCUT2D eigenvalue weighted by Crippen LogP contribution is 2.16. The summed E-state index contributed by atoms with van der Waals surface area (Å²) in [6.07, 6.45) is 5.66. The minimum absolute atomic E-state index is 0.00225. The number of hydrogen-bond donors (Lipinski definition) is 3. The van der Waals surface area contributed by atoms with Crippen molar-refractivity contribution in [3.05, 3.63) is 0 Å². The highest BCUT2D eigenvalue weighted by Gasteiger charge is 2.15. The van der Waals surface area contributed by atoms with Gasteiger partial charge in [0, 0.05) is 19.7 Å². The van der Waals surface area contributed by atoms with E-state index in [1.165, 1.54) is 19.3 Å². The van der Waals surface area contributed by atoms with Gasteiger partial charge in [0.1, 0.15) is 0 Å². The molecule has 1 saturated carbocycles. The van der Waals surface area contributed by atoms with Crippen LogP contribution in [0.1, 0.15) is 32.1 Å². The van der Waals surface area contributed by atoms with Crippen molar-refractivity contribution in [1.29, 1.82) is 0 Å². The molecule has 0 aromatic rings. The molecular formula is C12H23N3O3. The highest BCUT2D eigenvalue weighted by molar-refractivity contribution is 5.83. The van der Waals surface area contributed by atoms with Crippen LogP contribution in [0, 0.1) is 0 Å². The number of ether oxygens (including phenoxy) is 1. The van der Waals surface area contributed by atoms with E-state index in [9.17, 15) is 9.59 Å². The van der Waals surface area contributed by atoms with E-state index in [4.69, 9.17) is 4.74 Å². The molecule has 1 aliphatic rings. The quantitative estimate of drug-likeness (QED) is 0.602. The van der Waals surface area contributed by atoms with Gasteiger partial charge in [-0.15, -0.1) is 0 Å². The lowest BCUT2D eigenvalue weighted by molar-refractivity contribution is -0.120. The lowest BCUT2D eigenvalue weighted by Gasteiger charge is -2.22. The first-order chi connectivity index (χ1) is 8.72. The second-order valence-electron chi connectivity index (χ2n) is 4.50. The zero-order valence-corrected chi connectivity index (χ0v) is 11.0. The number of methoxy groups -OCH3 is 1. The van der Waals surface area contributed by atoms with Crippen molar-refractivity contribution in [3.8, 4) is 0 Å². The Labute approximate surface area is 108 Å². The molecule has 3 N–H and O–H groups in total. The number of rotatable bonds is 6. The van der Waals surface area contributed by atoms with Gasteiger partial charge in [0.05, 0.1) is 13.2 Å². The molecule has 1 rings (SSSR count). The van der Waals surface area contributed by atoms with Crippen molar-refractivity contribution in [2.45, 2.75) is 38.1 Å². The van der Waals surface area contributed by atoms with Gasteiger partial charge in [0.15, 0.2) is 0 Å². The predicted octanol–water partition coefficient (Wildman–Crippen LogP) is 0.381. The van der Waals surface area contributed by atoms with E-state index in [2.05, 4.69) is 16.0 Å². The molecule has 0 aromatic carbocycles. The number of nitrogens with one attached hydrogen (secondary N) is 3. The number of urea groups is 1. The maximum Gasteiger partial charge on any atom is 0.315 e. The van der Waals surface area contributed by atoms with Crippen LogP contribution in [0.15, 0.2) is 0 Å². The molecule has 18 heavy (non-hydrogen) atoms. The third kappa shape index (κ3) is 6.44. The lowest BCUT2D eigenvalue weighted by Crippen LogP contribution is -2.46. The van der Waals surface area contributed by atoms with Crippen molar-refractivity contribution >= 4 is 11.9 Å². The van der Waals surface area contributed by atoms with Crippen LogP contribution in [-0.4, -0.2) is 44.8 Å². The van der Waals surface area contributed by atoms with E-state index in [0.29, 0.717) is 13.2 Å². The molecule has 0 bridgehead atoms. The fourth-order valence-corrected chi connectivity index (χ4v) is 2.00.